The van der Waals surface area contributed by atoms with Crippen molar-refractivity contribution in [2.24, 2.45) is 0 Å². The van der Waals surface area contributed by atoms with Gasteiger partial charge in [0.1, 0.15) is 0 Å². The highest BCUT2D eigenvalue weighted by Gasteiger charge is 2.16. The molecule has 21 heavy (non-hydrogen) atoms. The molecule has 1 atom stereocenters. The molecule has 7 heteroatoms. The molecule has 0 fully saturated rings. The van der Waals surface area contributed by atoms with Crippen molar-refractivity contribution in [3.05, 3.63) is 41.5 Å². The van der Waals surface area contributed by atoms with Crippen molar-refractivity contribution in [1.29, 1.82) is 0 Å². The third kappa shape index (κ3) is 6.52. The first-order chi connectivity index (χ1) is 9.69. The molecular formula is C14H20N2O4S. The molecule has 0 saturated heterocycles. The highest BCUT2D eigenvalue weighted by atomic mass is 32.2. The van der Waals surface area contributed by atoms with Gasteiger partial charge in [-0.1, -0.05) is 24.3 Å². The smallest absolute Gasteiger partial charge is 0.328 e. The molecule has 3 N–H and O–H groups in total. The minimum Gasteiger partial charge on any atom is -0.478 e. The Kier molecular flexibility index (Phi) is 6.07. The summed E-state index contributed by atoms with van der Waals surface area (Å²) in [5.74, 6) is -1.01. The van der Waals surface area contributed by atoms with Gasteiger partial charge in [-0.2, -0.15) is 17.9 Å². The van der Waals surface area contributed by atoms with Crippen molar-refractivity contribution in [2.45, 2.75) is 32.9 Å². The SMILES string of the molecule is CC(C)NS(=O)(=O)NC(C)c1ccc(/C=C/C(=O)O)cc1. The van der Waals surface area contributed by atoms with Gasteiger partial charge in [-0.25, -0.2) is 4.79 Å². The molecule has 1 aromatic carbocycles. The van der Waals surface area contributed by atoms with Gasteiger partial charge in [0.2, 0.25) is 0 Å². The highest BCUT2D eigenvalue weighted by Crippen LogP contribution is 2.15. The van der Waals surface area contributed by atoms with Gasteiger partial charge in [-0.05, 0) is 38.0 Å². The fourth-order valence-electron chi connectivity index (χ4n) is 1.71. The maximum atomic E-state index is 11.8. The van der Waals surface area contributed by atoms with Crippen LogP contribution >= 0.6 is 0 Å². The zero-order chi connectivity index (χ0) is 16.0. The van der Waals surface area contributed by atoms with Crippen LogP contribution in [0.1, 0.15) is 37.9 Å². The van der Waals surface area contributed by atoms with Gasteiger partial charge >= 0.3 is 5.97 Å². The molecule has 0 amide bonds. The molecule has 116 valence electrons. The lowest BCUT2D eigenvalue weighted by molar-refractivity contribution is -0.131. The van der Waals surface area contributed by atoms with Crippen molar-refractivity contribution in [3.8, 4) is 0 Å². The molecule has 0 aliphatic carbocycles. The van der Waals surface area contributed by atoms with Gasteiger partial charge in [0, 0.05) is 18.2 Å². The molecule has 0 spiro atoms. The molecule has 1 rings (SSSR count). The number of hydrogen-bond donors (Lipinski definition) is 3. The van der Waals surface area contributed by atoms with Crippen LogP contribution in [-0.2, 0) is 15.0 Å². The molecule has 0 aliphatic rings. The summed E-state index contributed by atoms with van der Waals surface area (Å²) in [4.78, 5) is 10.4. The number of carboxylic acid groups (broad SMARTS) is 1. The summed E-state index contributed by atoms with van der Waals surface area (Å²) >= 11 is 0. The average molecular weight is 312 g/mol. The quantitative estimate of drug-likeness (QED) is 0.667. The number of benzene rings is 1. The normalized spacial score (nSPS) is 13.7. The van der Waals surface area contributed by atoms with E-state index in [1.807, 2.05) is 0 Å². The van der Waals surface area contributed by atoms with Crippen molar-refractivity contribution >= 4 is 22.3 Å². The Labute approximate surface area is 125 Å². The van der Waals surface area contributed by atoms with Crippen LogP contribution in [0.25, 0.3) is 6.08 Å². The molecule has 0 heterocycles. The summed E-state index contributed by atoms with van der Waals surface area (Å²) in [6.07, 6.45) is 2.52. The molecule has 0 bridgehead atoms. The standard InChI is InChI=1S/C14H20N2O4S/c1-10(2)15-21(19,20)16-11(3)13-7-4-12(5-8-13)6-9-14(17)18/h4-11,15-16H,1-3H3,(H,17,18)/b9-6+. The molecule has 0 saturated carbocycles. The van der Waals surface area contributed by atoms with Crippen LogP contribution in [0, 0.1) is 0 Å². The summed E-state index contributed by atoms with van der Waals surface area (Å²) in [5, 5.41) is 8.55. The predicted octanol–water partition coefficient (Wildman–Crippen LogP) is 1.68. The van der Waals surface area contributed by atoms with E-state index in [2.05, 4.69) is 9.44 Å². The van der Waals surface area contributed by atoms with E-state index in [1.54, 1.807) is 45.0 Å². The Morgan fingerprint density at radius 3 is 2.19 bits per heavy atom. The molecule has 0 aromatic heterocycles. The van der Waals surface area contributed by atoms with E-state index in [-0.39, 0.29) is 6.04 Å². The lowest BCUT2D eigenvalue weighted by Gasteiger charge is -2.16. The molecule has 0 aliphatic heterocycles. The zero-order valence-corrected chi connectivity index (χ0v) is 13.0. The van der Waals surface area contributed by atoms with Crippen LogP contribution in [-0.4, -0.2) is 25.5 Å². The van der Waals surface area contributed by atoms with Crippen LogP contribution in [0.5, 0.6) is 0 Å². The van der Waals surface area contributed by atoms with Crippen LogP contribution in [0.3, 0.4) is 0 Å². The highest BCUT2D eigenvalue weighted by molar-refractivity contribution is 7.87. The van der Waals surface area contributed by atoms with Crippen molar-refractivity contribution in [1.82, 2.24) is 9.44 Å². The monoisotopic (exact) mass is 312 g/mol. The Balaban J connectivity index is 2.75. The Morgan fingerprint density at radius 2 is 1.71 bits per heavy atom. The van der Waals surface area contributed by atoms with Crippen molar-refractivity contribution in [3.63, 3.8) is 0 Å². The van der Waals surface area contributed by atoms with E-state index >= 15 is 0 Å². The number of hydrogen-bond acceptors (Lipinski definition) is 3. The Bertz CT molecular complexity index is 606. The number of carboxylic acids is 1. The molecule has 6 nitrogen and oxygen atoms in total. The topological polar surface area (TPSA) is 95.5 Å². The van der Waals surface area contributed by atoms with Gasteiger partial charge in [0.25, 0.3) is 10.2 Å². The summed E-state index contributed by atoms with van der Waals surface area (Å²) in [6.45, 7) is 5.22. The first-order valence-corrected chi connectivity index (χ1v) is 7.98. The van der Waals surface area contributed by atoms with E-state index in [0.717, 1.165) is 17.2 Å². The minimum atomic E-state index is -3.55. The van der Waals surface area contributed by atoms with Gasteiger partial charge in [0.05, 0.1) is 0 Å². The molecular weight excluding hydrogens is 292 g/mol. The number of aliphatic carboxylic acids is 1. The van der Waals surface area contributed by atoms with Crippen molar-refractivity contribution in [2.75, 3.05) is 0 Å². The predicted molar refractivity (Wildman–Crippen MR) is 81.9 cm³/mol. The van der Waals surface area contributed by atoms with E-state index in [0.29, 0.717) is 0 Å². The second kappa shape index (κ2) is 7.35. The number of nitrogens with one attached hydrogen (secondary N) is 2. The summed E-state index contributed by atoms with van der Waals surface area (Å²) in [6, 6.07) is 6.40. The maximum absolute atomic E-state index is 11.8. The van der Waals surface area contributed by atoms with Crippen LogP contribution in [0.2, 0.25) is 0 Å². The molecule has 0 radical (unpaired) electrons. The maximum Gasteiger partial charge on any atom is 0.328 e. The first kappa shape index (κ1) is 17.4. The summed E-state index contributed by atoms with van der Waals surface area (Å²) in [7, 11) is -3.55. The van der Waals surface area contributed by atoms with Crippen molar-refractivity contribution < 1.29 is 18.3 Å². The van der Waals surface area contributed by atoms with Gasteiger partial charge < -0.3 is 5.11 Å². The Morgan fingerprint density at radius 1 is 1.14 bits per heavy atom. The van der Waals surface area contributed by atoms with E-state index in [1.165, 1.54) is 6.08 Å². The van der Waals surface area contributed by atoms with Gasteiger partial charge in [0.15, 0.2) is 0 Å². The molecule has 1 unspecified atom stereocenters. The lowest BCUT2D eigenvalue weighted by Crippen LogP contribution is -2.41. The zero-order valence-electron chi connectivity index (χ0n) is 12.2. The van der Waals surface area contributed by atoms with Crippen LogP contribution in [0.15, 0.2) is 30.3 Å². The third-order valence-electron chi connectivity index (χ3n) is 2.58. The van der Waals surface area contributed by atoms with Crippen LogP contribution in [0.4, 0.5) is 0 Å². The van der Waals surface area contributed by atoms with E-state index in [9.17, 15) is 13.2 Å². The fourth-order valence-corrected chi connectivity index (χ4v) is 3.00. The lowest BCUT2D eigenvalue weighted by atomic mass is 10.1. The average Bonchev–Trinajstić information content (AvgIpc) is 2.34. The van der Waals surface area contributed by atoms with Gasteiger partial charge in [-0.15, -0.1) is 0 Å². The third-order valence-corrected chi connectivity index (χ3v) is 4.02. The van der Waals surface area contributed by atoms with E-state index < -0.39 is 22.2 Å². The summed E-state index contributed by atoms with van der Waals surface area (Å²) in [5.41, 5.74) is 1.52. The summed E-state index contributed by atoms with van der Waals surface area (Å²) < 4.78 is 28.5. The fraction of sp³-hybridized carbons (Fsp3) is 0.357. The second-order valence-electron chi connectivity index (χ2n) is 4.95. The largest absolute Gasteiger partial charge is 0.478 e. The molecule has 1 aromatic rings. The minimum absolute atomic E-state index is 0.182. The number of rotatable bonds is 7. The number of carbonyl (C=O) groups is 1. The van der Waals surface area contributed by atoms with E-state index in [4.69, 9.17) is 5.11 Å². The van der Waals surface area contributed by atoms with Gasteiger partial charge in [-0.3, -0.25) is 0 Å². The second-order valence-corrected chi connectivity index (χ2v) is 6.43. The Hall–Kier alpha value is -1.70. The van der Waals surface area contributed by atoms with Crippen LogP contribution < -0.4 is 9.44 Å². The first-order valence-electron chi connectivity index (χ1n) is 6.50.